The van der Waals surface area contributed by atoms with Crippen molar-refractivity contribution in [3.63, 3.8) is 0 Å². The van der Waals surface area contributed by atoms with Crippen molar-refractivity contribution < 1.29 is 8.42 Å². The Morgan fingerprint density at radius 3 is 2.82 bits per heavy atom. The van der Waals surface area contributed by atoms with E-state index in [-0.39, 0.29) is 11.4 Å². The molecule has 0 radical (unpaired) electrons. The first kappa shape index (κ1) is 11.7. The van der Waals surface area contributed by atoms with Crippen LogP contribution in [0.2, 0.25) is 0 Å². The lowest BCUT2D eigenvalue weighted by Crippen LogP contribution is -2.23. The molecular weight excluding hydrogens is 240 g/mol. The van der Waals surface area contributed by atoms with Gasteiger partial charge in [0.15, 0.2) is 0 Å². The molecule has 0 saturated carbocycles. The molecule has 6 nitrogen and oxygen atoms in total. The van der Waals surface area contributed by atoms with Crippen LogP contribution in [0.25, 0.3) is 0 Å². The molecule has 0 unspecified atom stereocenters. The molecule has 0 atom stereocenters. The normalized spacial score (nSPS) is 11.6. The smallest absolute Gasteiger partial charge is 0.244 e. The Morgan fingerprint density at radius 2 is 2.24 bits per heavy atom. The molecule has 2 rings (SSSR count). The maximum absolute atomic E-state index is 11.9. The fourth-order valence-corrected chi connectivity index (χ4v) is 2.49. The van der Waals surface area contributed by atoms with Gasteiger partial charge in [0, 0.05) is 6.20 Å². The van der Waals surface area contributed by atoms with E-state index in [9.17, 15) is 8.42 Å². The number of aromatic amines is 1. The number of aryl methyl sites for hydroxylation is 1. The molecular formula is C10H12N4O2S. The van der Waals surface area contributed by atoms with Gasteiger partial charge in [-0.05, 0) is 19.1 Å². The predicted molar refractivity (Wildman–Crippen MR) is 61.6 cm³/mol. The Hall–Kier alpha value is -1.73. The van der Waals surface area contributed by atoms with Gasteiger partial charge in [-0.1, -0.05) is 6.07 Å². The molecule has 0 aliphatic carbocycles. The summed E-state index contributed by atoms with van der Waals surface area (Å²) in [6, 6.07) is 5.34. The zero-order chi connectivity index (χ0) is 12.3. The van der Waals surface area contributed by atoms with Crippen LogP contribution in [0.15, 0.2) is 35.5 Å². The highest BCUT2D eigenvalue weighted by Crippen LogP contribution is 2.10. The quantitative estimate of drug-likeness (QED) is 0.833. The molecule has 17 heavy (non-hydrogen) atoms. The first-order valence-corrected chi connectivity index (χ1v) is 6.47. The van der Waals surface area contributed by atoms with Gasteiger partial charge in [-0.3, -0.25) is 10.1 Å². The molecule has 0 amide bonds. The molecule has 0 fully saturated rings. The molecule has 0 aromatic carbocycles. The van der Waals surface area contributed by atoms with Gasteiger partial charge in [0.25, 0.3) is 0 Å². The Labute approximate surface area is 99.1 Å². The van der Waals surface area contributed by atoms with Crippen LogP contribution in [0, 0.1) is 6.92 Å². The van der Waals surface area contributed by atoms with Crippen LogP contribution in [0.1, 0.15) is 11.4 Å². The van der Waals surface area contributed by atoms with E-state index in [1.165, 1.54) is 6.20 Å². The van der Waals surface area contributed by atoms with Crippen molar-refractivity contribution in [2.75, 3.05) is 0 Å². The number of hydrogen-bond donors (Lipinski definition) is 2. The average molecular weight is 252 g/mol. The number of sulfonamides is 1. The topological polar surface area (TPSA) is 87.7 Å². The third-order valence-electron chi connectivity index (χ3n) is 2.24. The molecule has 2 heterocycles. The minimum absolute atomic E-state index is 0.161. The lowest BCUT2D eigenvalue weighted by atomic mass is 10.4. The van der Waals surface area contributed by atoms with Crippen LogP contribution in [0.4, 0.5) is 0 Å². The van der Waals surface area contributed by atoms with Gasteiger partial charge in [-0.25, -0.2) is 13.1 Å². The van der Waals surface area contributed by atoms with Crippen molar-refractivity contribution in [2.45, 2.75) is 18.4 Å². The molecule has 0 spiro atoms. The summed E-state index contributed by atoms with van der Waals surface area (Å²) in [5.41, 5.74) is 1.18. The minimum atomic E-state index is -3.53. The van der Waals surface area contributed by atoms with Crippen molar-refractivity contribution in [2.24, 2.45) is 0 Å². The molecule has 0 aliphatic rings. The van der Waals surface area contributed by atoms with E-state index in [2.05, 4.69) is 19.9 Å². The van der Waals surface area contributed by atoms with Crippen molar-refractivity contribution in [3.05, 3.63) is 42.0 Å². The minimum Gasteiger partial charge on any atom is -0.281 e. The van der Waals surface area contributed by atoms with Crippen LogP contribution < -0.4 is 4.72 Å². The maximum atomic E-state index is 11.9. The molecule has 90 valence electrons. The third-order valence-corrected chi connectivity index (χ3v) is 3.76. The number of hydrogen-bond acceptors (Lipinski definition) is 4. The average Bonchev–Trinajstić information content (AvgIpc) is 2.75. The lowest BCUT2D eigenvalue weighted by Gasteiger charge is -2.04. The van der Waals surface area contributed by atoms with E-state index >= 15 is 0 Å². The molecule has 0 bridgehead atoms. The molecule has 2 aromatic heterocycles. The van der Waals surface area contributed by atoms with Crippen molar-refractivity contribution >= 4 is 10.0 Å². The van der Waals surface area contributed by atoms with E-state index in [4.69, 9.17) is 0 Å². The Morgan fingerprint density at radius 1 is 1.41 bits per heavy atom. The summed E-state index contributed by atoms with van der Waals surface area (Å²) in [4.78, 5) is 4.20. The van der Waals surface area contributed by atoms with Gasteiger partial charge in [0.1, 0.15) is 4.90 Å². The highest BCUT2D eigenvalue weighted by molar-refractivity contribution is 7.89. The zero-order valence-electron chi connectivity index (χ0n) is 9.21. The molecule has 2 N–H and O–H groups in total. The SMILES string of the molecule is Cc1[nH]ncc1S(=O)(=O)NCc1ccccn1. The number of pyridine rings is 1. The second-order valence-electron chi connectivity index (χ2n) is 3.50. The van der Waals surface area contributed by atoms with E-state index < -0.39 is 10.0 Å². The third kappa shape index (κ3) is 2.69. The molecule has 0 saturated heterocycles. The highest BCUT2D eigenvalue weighted by Gasteiger charge is 2.17. The van der Waals surface area contributed by atoms with Crippen LogP contribution >= 0.6 is 0 Å². The van der Waals surface area contributed by atoms with Crippen LogP contribution in [-0.4, -0.2) is 23.6 Å². The van der Waals surface area contributed by atoms with E-state index in [0.717, 1.165) is 0 Å². The predicted octanol–water partition coefficient (Wildman–Crippen LogP) is 0.592. The summed E-state index contributed by atoms with van der Waals surface area (Å²) in [5, 5.41) is 6.27. The van der Waals surface area contributed by atoms with Crippen LogP contribution in [0.5, 0.6) is 0 Å². The van der Waals surface area contributed by atoms with Gasteiger partial charge < -0.3 is 0 Å². The van der Waals surface area contributed by atoms with Gasteiger partial charge in [-0.15, -0.1) is 0 Å². The van der Waals surface area contributed by atoms with E-state index in [0.29, 0.717) is 11.4 Å². The summed E-state index contributed by atoms with van der Waals surface area (Å²) in [7, 11) is -3.53. The fraction of sp³-hybridized carbons (Fsp3) is 0.200. The standard InChI is InChI=1S/C10H12N4O2S/c1-8-10(7-12-14-8)17(15,16)13-6-9-4-2-3-5-11-9/h2-5,7,13H,6H2,1H3,(H,12,14). The summed E-state index contributed by atoms with van der Waals surface area (Å²) in [5.74, 6) is 0. The summed E-state index contributed by atoms with van der Waals surface area (Å²) in [6.07, 6.45) is 2.91. The number of H-pyrrole nitrogens is 1. The monoisotopic (exact) mass is 252 g/mol. The van der Waals surface area contributed by atoms with Gasteiger partial charge in [0.05, 0.1) is 24.1 Å². The number of rotatable bonds is 4. The summed E-state index contributed by atoms with van der Waals surface area (Å²) in [6.45, 7) is 1.82. The Bertz CT molecular complexity index is 592. The van der Waals surface area contributed by atoms with E-state index in [1.54, 1.807) is 31.3 Å². The Balaban J connectivity index is 2.12. The first-order chi connectivity index (χ1) is 8.09. The largest absolute Gasteiger partial charge is 0.281 e. The Kier molecular flexibility index (Phi) is 3.21. The molecule has 2 aromatic rings. The summed E-state index contributed by atoms with van der Waals surface area (Å²) < 4.78 is 26.2. The van der Waals surface area contributed by atoms with E-state index in [1.807, 2.05) is 0 Å². The van der Waals surface area contributed by atoms with Gasteiger partial charge in [-0.2, -0.15) is 5.10 Å². The van der Waals surface area contributed by atoms with Gasteiger partial charge in [0.2, 0.25) is 10.0 Å². The van der Waals surface area contributed by atoms with Crippen LogP contribution in [-0.2, 0) is 16.6 Å². The van der Waals surface area contributed by atoms with Crippen molar-refractivity contribution in [3.8, 4) is 0 Å². The molecule has 7 heteroatoms. The lowest BCUT2D eigenvalue weighted by molar-refractivity contribution is 0.580. The highest BCUT2D eigenvalue weighted by atomic mass is 32.2. The van der Waals surface area contributed by atoms with Crippen LogP contribution in [0.3, 0.4) is 0 Å². The zero-order valence-corrected chi connectivity index (χ0v) is 10.0. The van der Waals surface area contributed by atoms with Gasteiger partial charge >= 0.3 is 0 Å². The number of aromatic nitrogens is 3. The molecule has 0 aliphatic heterocycles. The first-order valence-electron chi connectivity index (χ1n) is 4.99. The summed E-state index contributed by atoms with van der Waals surface area (Å²) >= 11 is 0. The fourth-order valence-electron chi connectivity index (χ4n) is 1.36. The number of nitrogens with zero attached hydrogens (tertiary/aromatic N) is 2. The van der Waals surface area contributed by atoms with Crippen molar-refractivity contribution in [1.29, 1.82) is 0 Å². The maximum Gasteiger partial charge on any atom is 0.244 e. The second kappa shape index (κ2) is 4.64. The number of nitrogens with one attached hydrogen (secondary N) is 2. The second-order valence-corrected chi connectivity index (χ2v) is 5.24. The van der Waals surface area contributed by atoms with Crippen molar-refractivity contribution in [1.82, 2.24) is 19.9 Å².